The van der Waals surface area contributed by atoms with E-state index < -0.39 is 11.7 Å². The van der Waals surface area contributed by atoms with Gasteiger partial charge in [-0.25, -0.2) is 0 Å². The Labute approximate surface area is 156 Å². The lowest BCUT2D eigenvalue weighted by Crippen LogP contribution is -2.46. The van der Waals surface area contributed by atoms with Crippen molar-refractivity contribution in [3.8, 4) is 0 Å². The maximum absolute atomic E-state index is 13.3. The largest absolute Gasteiger partial charge is 0.416 e. The first kappa shape index (κ1) is 17.7. The van der Waals surface area contributed by atoms with Gasteiger partial charge in [0.15, 0.2) is 0 Å². The van der Waals surface area contributed by atoms with Gasteiger partial charge >= 0.3 is 6.18 Å². The number of alkyl halides is 3. The summed E-state index contributed by atoms with van der Waals surface area (Å²) in [4.78, 5) is 6.40. The number of halogens is 3. The van der Waals surface area contributed by atoms with Crippen molar-refractivity contribution in [3.05, 3.63) is 53.6 Å². The fourth-order valence-electron chi connectivity index (χ4n) is 3.93. The van der Waals surface area contributed by atoms with E-state index in [1.54, 1.807) is 17.8 Å². The molecule has 4 rings (SSSR count). The molecule has 0 radical (unpaired) electrons. The fraction of sp³-hybridized carbons (Fsp3) is 0.400. The van der Waals surface area contributed by atoms with E-state index in [4.69, 9.17) is 0 Å². The number of benzene rings is 2. The van der Waals surface area contributed by atoms with Crippen LogP contribution in [0.25, 0.3) is 0 Å². The van der Waals surface area contributed by atoms with Gasteiger partial charge in [0.2, 0.25) is 0 Å². The molecule has 2 unspecified atom stereocenters. The Morgan fingerprint density at radius 2 is 1.81 bits per heavy atom. The van der Waals surface area contributed by atoms with Gasteiger partial charge in [-0.05, 0) is 56.8 Å². The molecule has 2 heterocycles. The zero-order valence-corrected chi connectivity index (χ0v) is 15.6. The second kappa shape index (κ2) is 6.50. The zero-order chi connectivity index (χ0) is 18.5. The standard InChI is InChI=1S/C20H21F3N2S/c1-24(2)14-8-9-16-15-5-3-4-6-18(15)26-19-10-7-13(20(21,22)23)11-17(19)25(16)12-14/h3-7,10-11,14,16H,8-9,12H2,1-2H3. The van der Waals surface area contributed by atoms with Crippen molar-refractivity contribution in [2.75, 3.05) is 25.5 Å². The summed E-state index contributed by atoms with van der Waals surface area (Å²) in [5.74, 6) is 0. The van der Waals surface area contributed by atoms with Gasteiger partial charge in [0.05, 0.1) is 17.3 Å². The molecular weight excluding hydrogens is 357 g/mol. The number of rotatable bonds is 1. The Kier molecular flexibility index (Phi) is 4.43. The molecule has 2 atom stereocenters. The quantitative estimate of drug-likeness (QED) is 0.652. The Hall–Kier alpha value is -1.66. The Bertz CT molecular complexity index is 819. The van der Waals surface area contributed by atoms with Crippen molar-refractivity contribution in [1.82, 2.24) is 4.90 Å². The molecule has 0 spiro atoms. The molecule has 138 valence electrons. The highest BCUT2D eigenvalue weighted by Crippen LogP contribution is 2.50. The topological polar surface area (TPSA) is 6.48 Å². The summed E-state index contributed by atoms with van der Waals surface area (Å²) in [6.07, 6.45) is -2.34. The summed E-state index contributed by atoms with van der Waals surface area (Å²) >= 11 is 1.58. The van der Waals surface area contributed by atoms with E-state index in [1.807, 2.05) is 26.2 Å². The predicted molar refractivity (Wildman–Crippen MR) is 98.8 cm³/mol. The van der Waals surface area contributed by atoms with Crippen LogP contribution in [0.3, 0.4) is 0 Å². The van der Waals surface area contributed by atoms with Crippen LogP contribution in [0.1, 0.15) is 30.0 Å². The fourth-order valence-corrected chi connectivity index (χ4v) is 5.06. The molecular formula is C20H21F3N2S. The van der Waals surface area contributed by atoms with Gasteiger partial charge in [-0.1, -0.05) is 30.0 Å². The minimum atomic E-state index is -4.33. The smallest absolute Gasteiger partial charge is 0.362 e. The average molecular weight is 378 g/mol. The summed E-state index contributed by atoms with van der Waals surface area (Å²) in [6, 6.07) is 12.8. The number of hydrogen-bond donors (Lipinski definition) is 0. The van der Waals surface area contributed by atoms with Crippen molar-refractivity contribution >= 4 is 17.4 Å². The van der Waals surface area contributed by atoms with Crippen molar-refractivity contribution in [1.29, 1.82) is 0 Å². The minimum Gasteiger partial charge on any atom is -0.362 e. The minimum absolute atomic E-state index is 0.125. The zero-order valence-electron chi connectivity index (χ0n) is 14.8. The molecule has 0 aromatic heterocycles. The highest BCUT2D eigenvalue weighted by molar-refractivity contribution is 7.99. The molecule has 0 amide bonds. The maximum Gasteiger partial charge on any atom is 0.416 e. The molecule has 2 aromatic carbocycles. The first-order valence-corrected chi connectivity index (χ1v) is 9.57. The second-order valence-corrected chi connectivity index (χ2v) is 8.27. The van der Waals surface area contributed by atoms with E-state index in [0.29, 0.717) is 11.7 Å². The monoisotopic (exact) mass is 378 g/mol. The molecule has 0 aliphatic carbocycles. The highest BCUT2D eigenvalue weighted by atomic mass is 32.2. The molecule has 0 bridgehead atoms. The molecule has 0 N–H and O–H groups in total. The van der Waals surface area contributed by atoms with Gasteiger partial charge in [-0.15, -0.1) is 0 Å². The van der Waals surface area contributed by atoms with Crippen LogP contribution >= 0.6 is 11.8 Å². The lowest BCUT2D eigenvalue weighted by Gasteiger charge is -2.43. The summed E-state index contributed by atoms with van der Waals surface area (Å²) in [5.41, 5.74) is 1.35. The SMILES string of the molecule is CN(C)C1CCC2c3ccccc3Sc3ccc(C(F)(F)F)cc3N2C1. The Morgan fingerprint density at radius 1 is 1.04 bits per heavy atom. The van der Waals surface area contributed by atoms with E-state index in [0.717, 1.165) is 29.2 Å². The van der Waals surface area contributed by atoms with E-state index in [9.17, 15) is 13.2 Å². The van der Waals surface area contributed by atoms with Crippen LogP contribution in [0.4, 0.5) is 18.9 Å². The third kappa shape index (κ3) is 3.09. The van der Waals surface area contributed by atoms with Crippen LogP contribution < -0.4 is 4.90 Å². The summed E-state index contributed by atoms with van der Waals surface area (Å²) < 4.78 is 40.0. The predicted octanol–water partition coefficient (Wildman–Crippen LogP) is 5.44. The van der Waals surface area contributed by atoms with Gasteiger partial charge in [0.1, 0.15) is 0 Å². The lowest BCUT2D eigenvalue weighted by atomic mass is 9.91. The summed E-state index contributed by atoms with van der Waals surface area (Å²) in [5, 5.41) is 0. The summed E-state index contributed by atoms with van der Waals surface area (Å²) in [7, 11) is 4.08. The molecule has 2 aliphatic rings. The molecule has 6 heteroatoms. The van der Waals surface area contributed by atoms with Gasteiger partial charge in [0, 0.05) is 22.4 Å². The molecule has 2 nitrogen and oxygen atoms in total. The van der Waals surface area contributed by atoms with Crippen molar-refractivity contribution < 1.29 is 13.2 Å². The third-order valence-electron chi connectivity index (χ3n) is 5.38. The normalized spacial score (nSPS) is 22.5. The number of anilines is 1. The number of hydrogen-bond acceptors (Lipinski definition) is 3. The molecule has 2 aromatic rings. The van der Waals surface area contributed by atoms with Gasteiger partial charge in [-0.3, -0.25) is 0 Å². The first-order valence-electron chi connectivity index (χ1n) is 8.75. The Balaban J connectivity index is 1.85. The molecule has 1 saturated heterocycles. The second-order valence-electron chi connectivity index (χ2n) is 7.18. The molecule has 1 fully saturated rings. The average Bonchev–Trinajstić information content (AvgIpc) is 2.74. The van der Waals surface area contributed by atoms with Crippen LogP contribution in [0.15, 0.2) is 52.3 Å². The van der Waals surface area contributed by atoms with E-state index in [1.165, 1.54) is 17.7 Å². The van der Waals surface area contributed by atoms with Crippen LogP contribution in [0, 0.1) is 0 Å². The number of piperidine rings is 1. The van der Waals surface area contributed by atoms with Gasteiger partial charge < -0.3 is 9.80 Å². The number of likely N-dealkylation sites (N-methyl/N-ethyl adjacent to an activating group) is 1. The van der Waals surface area contributed by atoms with Crippen LogP contribution in [0.5, 0.6) is 0 Å². The van der Waals surface area contributed by atoms with Crippen LogP contribution in [-0.2, 0) is 6.18 Å². The summed E-state index contributed by atoms with van der Waals surface area (Å²) in [6.45, 7) is 0.737. The van der Waals surface area contributed by atoms with Crippen molar-refractivity contribution in [3.63, 3.8) is 0 Å². The van der Waals surface area contributed by atoms with E-state index >= 15 is 0 Å². The molecule has 2 aliphatic heterocycles. The Morgan fingerprint density at radius 3 is 2.54 bits per heavy atom. The highest BCUT2D eigenvalue weighted by Gasteiger charge is 2.37. The van der Waals surface area contributed by atoms with E-state index in [2.05, 4.69) is 21.9 Å². The number of nitrogens with zero attached hydrogens (tertiary/aromatic N) is 2. The van der Waals surface area contributed by atoms with Gasteiger partial charge in [0.25, 0.3) is 0 Å². The molecule has 26 heavy (non-hydrogen) atoms. The molecule has 0 saturated carbocycles. The van der Waals surface area contributed by atoms with Crippen LogP contribution in [0.2, 0.25) is 0 Å². The van der Waals surface area contributed by atoms with Crippen molar-refractivity contribution in [2.45, 2.75) is 40.9 Å². The maximum atomic E-state index is 13.3. The first-order chi connectivity index (χ1) is 12.3. The van der Waals surface area contributed by atoms with Gasteiger partial charge in [-0.2, -0.15) is 13.2 Å². The lowest BCUT2D eigenvalue weighted by molar-refractivity contribution is -0.137. The number of fused-ring (bicyclic) bond motifs is 5. The third-order valence-corrected chi connectivity index (χ3v) is 6.54. The van der Waals surface area contributed by atoms with Crippen LogP contribution in [-0.4, -0.2) is 31.6 Å². The van der Waals surface area contributed by atoms with E-state index in [-0.39, 0.29) is 6.04 Å². The van der Waals surface area contributed by atoms with Crippen molar-refractivity contribution in [2.24, 2.45) is 0 Å².